The molecule has 0 spiro atoms. The maximum atomic E-state index is 13.4. The molecule has 2 heterocycles. The predicted octanol–water partition coefficient (Wildman–Crippen LogP) is 4.88. The Morgan fingerprint density at radius 1 is 1.25 bits per heavy atom. The number of fused-ring (bicyclic) bond motifs is 1. The topological polar surface area (TPSA) is 42.4 Å². The zero-order valence-corrected chi connectivity index (χ0v) is 16.6. The van der Waals surface area contributed by atoms with Gasteiger partial charge in [-0.15, -0.1) is 11.8 Å². The van der Waals surface area contributed by atoms with Crippen molar-refractivity contribution in [2.75, 3.05) is 23.8 Å². The van der Waals surface area contributed by atoms with Gasteiger partial charge in [0.15, 0.2) is 16.8 Å². The smallest absolute Gasteiger partial charge is 0.239 e. The third-order valence-corrected chi connectivity index (χ3v) is 6.52. The van der Waals surface area contributed by atoms with Crippen LogP contribution < -0.4 is 4.90 Å². The van der Waals surface area contributed by atoms with Crippen molar-refractivity contribution >= 4 is 44.4 Å². The Bertz CT molecular complexity index is 956. The number of aromatic nitrogens is 1. The summed E-state index contributed by atoms with van der Waals surface area (Å²) in [6.45, 7) is 1.15. The Kier molecular flexibility index (Phi) is 5.89. The molecule has 28 heavy (non-hydrogen) atoms. The molecule has 0 aliphatic carbocycles. The van der Waals surface area contributed by atoms with Crippen molar-refractivity contribution in [2.45, 2.75) is 23.8 Å². The van der Waals surface area contributed by atoms with Crippen LogP contribution in [-0.4, -0.2) is 35.9 Å². The van der Waals surface area contributed by atoms with E-state index in [-0.39, 0.29) is 17.8 Å². The van der Waals surface area contributed by atoms with Gasteiger partial charge in [-0.05, 0) is 43.2 Å². The van der Waals surface area contributed by atoms with Gasteiger partial charge in [0.25, 0.3) is 0 Å². The van der Waals surface area contributed by atoms with Crippen molar-refractivity contribution < 1.29 is 18.3 Å². The molecule has 4 rings (SSSR count). The SMILES string of the molecule is O=C(CSc1ccc(F)c(F)c1)N(C[C@@H]1CCCO1)c1nc2ccccc2s1. The number of amides is 1. The Morgan fingerprint density at radius 3 is 2.86 bits per heavy atom. The van der Waals surface area contributed by atoms with Crippen molar-refractivity contribution in [3.8, 4) is 0 Å². The molecule has 0 N–H and O–H groups in total. The second-order valence-corrected chi connectivity index (χ2v) is 8.53. The van der Waals surface area contributed by atoms with Gasteiger partial charge < -0.3 is 4.74 Å². The predicted molar refractivity (Wildman–Crippen MR) is 108 cm³/mol. The van der Waals surface area contributed by atoms with Crippen LogP contribution in [0.1, 0.15) is 12.8 Å². The maximum Gasteiger partial charge on any atom is 0.239 e. The van der Waals surface area contributed by atoms with E-state index in [2.05, 4.69) is 4.98 Å². The highest BCUT2D eigenvalue weighted by Gasteiger charge is 2.26. The number of rotatable bonds is 6. The first-order valence-corrected chi connectivity index (χ1v) is 10.8. The van der Waals surface area contributed by atoms with Gasteiger partial charge in [-0.25, -0.2) is 13.8 Å². The molecular weight excluding hydrogens is 402 g/mol. The number of nitrogens with zero attached hydrogens (tertiary/aromatic N) is 2. The van der Waals surface area contributed by atoms with Crippen LogP contribution in [0.2, 0.25) is 0 Å². The Balaban J connectivity index is 1.53. The fourth-order valence-corrected chi connectivity index (χ4v) is 4.83. The quantitative estimate of drug-likeness (QED) is 0.533. The van der Waals surface area contributed by atoms with Crippen LogP contribution in [0.15, 0.2) is 47.4 Å². The number of hydrogen-bond acceptors (Lipinski definition) is 5. The van der Waals surface area contributed by atoms with Crippen molar-refractivity contribution in [3.63, 3.8) is 0 Å². The van der Waals surface area contributed by atoms with Gasteiger partial charge in [-0.1, -0.05) is 23.5 Å². The second kappa shape index (κ2) is 8.55. The van der Waals surface area contributed by atoms with Crippen LogP contribution in [0.4, 0.5) is 13.9 Å². The zero-order valence-electron chi connectivity index (χ0n) is 14.9. The molecular formula is C20H18F2N2O2S2. The number of hydrogen-bond donors (Lipinski definition) is 0. The highest BCUT2D eigenvalue weighted by Crippen LogP contribution is 2.31. The van der Waals surface area contributed by atoms with E-state index in [0.29, 0.717) is 23.2 Å². The van der Waals surface area contributed by atoms with Gasteiger partial charge in [0.05, 0.1) is 28.6 Å². The number of ether oxygens (including phenoxy) is 1. The van der Waals surface area contributed by atoms with Crippen LogP contribution >= 0.6 is 23.1 Å². The molecule has 8 heteroatoms. The lowest BCUT2D eigenvalue weighted by atomic mass is 10.2. The number of carbonyl (C=O) groups excluding carboxylic acids is 1. The largest absolute Gasteiger partial charge is 0.376 e. The monoisotopic (exact) mass is 420 g/mol. The van der Waals surface area contributed by atoms with Gasteiger partial charge in [-0.3, -0.25) is 9.69 Å². The second-order valence-electron chi connectivity index (χ2n) is 6.47. The van der Waals surface area contributed by atoms with Crippen LogP contribution in [0, 0.1) is 11.6 Å². The molecule has 1 fully saturated rings. The highest BCUT2D eigenvalue weighted by atomic mass is 32.2. The van der Waals surface area contributed by atoms with Gasteiger partial charge in [0.1, 0.15) is 0 Å². The molecule has 0 saturated carbocycles. The summed E-state index contributed by atoms with van der Waals surface area (Å²) in [5.74, 6) is -1.84. The average Bonchev–Trinajstić information content (AvgIpc) is 3.36. The normalized spacial score (nSPS) is 16.6. The Labute approximate surface area is 169 Å². The minimum absolute atomic E-state index is 0.00997. The summed E-state index contributed by atoms with van der Waals surface area (Å²) >= 11 is 2.64. The van der Waals surface area contributed by atoms with Crippen molar-refractivity contribution in [2.24, 2.45) is 0 Å². The van der Waals surface area contributed by atoms with Gasteiger partial charge in [0.2, 0.25) is 5.91 Å². The molecule has 0 unspecified atom stereocenters. The standard InChI is InChI=1S/C20H18F2N2O2S2/c21-15-8-7-14(10-16(15)22)27-12-19(25)24(11-13-4-3-9-26-13)20-23-17-5-1-2-6-18(17)28-20/h1-2,5-8,10,13H,3-4,9,11-12H2/t13-/m0/s1. The molecule has 1 aliphatic rings. The van der Waals surface area contributed by atoms with Crippen molar-refractivity contribution in [1.29, 1.82) is 0 Å². The first-order chi connectivity index (χ1) is 13.6. The fraction of sp³-hybridized carbons (Fsp3) is 0.300. The van der Waals surface area contributed by atoms with E-state index in [1.165, 1.54) is 29.2 Å². The summed E-state index contributed by atoms with van der Waals surface area (Å²) in [6.07, 6.45) is 1.88. The summed E-state index contributed by atoms with van der Waals surface area (Å²) in [4.78, 5) is 19.8. The van der Waals surface area contributed by atoms with E-state index < -0.39 is 11.6 Å². The van der Waals surface area contributed by atoms with E-state index >= 15 is 0 Å². The number of thioether (sulfide) groups is 1. The molecule has 146 valence electrons. The van der Waals surface area contributed by atoms with E-state index in [1.54, 1.807) is 4.90 Å². The molecule has 1 saturated heterocycles. The van der Waals surface area contributed by atoms with E-state index in [9.17, 15) is 13.6 Å². The molecule has 3 aromatic rings. The van der Waals surface area contributed by atoms with E-state index in [4.69, 9.17) is 4.74 Å². The molecule has 2 aromatic carbocycles. The number of benzene rings is 2. The van der Waals surface area contributed by atoms with Crippen molar-refractivity contribution in [1.82, 2.24) is 4.98 Å². The summed E-state index contributed by atoms with van der Waals surface area (Å²) in [5, 5.41) is 0.632. The number of halogens is 2. The van der Waals surface area contributed by atoms with Crippen LogP contribution in [-0.2, 0) is 9.53 Å². The highest BCUT2D eigenvalue weighted by molar-refractivity contribution is 8.00. The molecule has 1 aliphatic heterocycles. The first kappa shape index (κ1) is 19.3. The molecule has 0 bridgehead atoms. The number of para-hydroxylation sites is 1. The Hall–Kier alpha value is -2.03. The van der Waals surface area contributed by atoms with Crippen molar-refractivity contribution in [3.05, 3.63) is 54.1 Å². The van der Waals surface area contributed by atoms with Gasteiger partial charge in [0, 0.05) is 11.5 Å². The summed E-state index contributed by atoms with van der Waals surface area (Å²) in [7, 11) is 0. The summed E-state index contributed by atoms with van der Waals surface area (Å²) in [6, 6.07) is 11.4. The number of thiazole rings is 1. The lowest BCUT2D eigenvalue weighted by Gasteiger charge is -2.23. The summed E-state index contributed by atoms with van der Waals surface area (Å²) < 4.78 is 33.2. The Morgan fingerprint density at radius 2 is 2.11 bits per heavy atom. The van der Waals surface area contributed by atoms with E-state index in [0.717, 1.165) is 35.2 Å². The average molecular weight is 421 g/mol. The maximum absolute atomic E-state index is 13.4. The van der Waals surface area contributed by atoms with Crippen LogP contribution in [0.25, 0.3) is 10.2 Å². The lowest BCUT2D eigenvalue weighted by Crippen LogP contribution is -2.38. The molecule has 1 aromatic heterocycles. The first-order valence-electron chi connectivity index (χ1n) is 8.95. The van der Waals surface area contributed by atoms with Gasteiger partial charge >= 0.3 is 0 Å². The molecule has 1 atom stereocenters. The minimum Gasteiger partial charge on any atom is -0.376 e. The minimum atomic E-state index is -0.917. The fourth-order valence-electron chi connectivity index (χ4n) is 3.04. The van der Waals surface area contributed by atoms with Gasteiger partial charge in [-0.2, -0.15) is 0 Å². The van der Waals surface area contributed by atoms with Crippen LogP contribution in [0.5, 0.6) is 0 Å². The zero-order chi connectivity index (χ0) is 19.5. The van der Waals surface area contributed by atoms with Crippen LogP contribution in [0.3, 0.4) is 0 Å². The molecule has 4 nitrogen and oxygen atoms in total. The lowest BCUT2D eigenvalue weighted by molar-refractivity contribution is -0.116. The van der Waals surface area contributed by atoms with E-state index in [1.807, 2.05) is 24.3 Å². The third-order valence-electron chi connectivity index (χ3n) is 4.48. The number of carbonyl (C=O) groups is 1. The summed E-state index contributed by atoms with van der Waals surface area (Å²) in [5.41, 5.74) is 0.848. The third kappa shape index (κ3) is 4.34. The molecule has 1 amide bonds. The molecule has 0 radical (unpaired) electrons. The number of anilines is 1.